The van der Waals surface area contributed by atoms with Gasteiger partial charge in [-0.1, -0.05) is 6.07 Å². The van der Waals surface area contributed by atoms with Crippen LogP contribution in [-0.4, -0.2) is 68.9 Å². The first kappa shape index (κ1) is 21.7. The first-order chi connectivity index (χ1) is 13.1. The molecule has 1 amide bonds. The smallest absolute Gasteiger partial charge is 0.254 e. The van der Waals surface area contributed by atoms with Crippen LogP contribution < -0.4 is 11.1 Å². The number of carbonyl (C=O) groups excluding carboxylic acids is 1. The standard InChI is InChI=1S/C16H26N4O5S3/c1-27(22,23)19-9-3-10-20(28(24,25)14-4-2-11-26-14)16(19)15(21)18-13-7-5-12(17)6-8-13/h2,4,11-13,16H,3,5-10,17H2,1H3,(H,18,21). The van der Waals surface area contributed by atoms with E-state index in [1.807, 2.05) is 0 Å². The monoisotopic (exact) mass is 450 g/mol. The van der Waals surface area contributed by atoms with E-state index < -0.39 is 32.1 Å². The van der Waals surface area contributed by atoms with Gasteiger partial charge >= 0.3 is 0 Å². The molecule has 12 heteroatoms. The van der Waals surface area contributed by atoms with Gasteiger partial charge in [0.2, 0.25) is 10.0 Å². The van der Waals surface area contributed by atoms with Gasteiger partial charge in [0, 0.05) is 25.2 Å². The molecule has 1 aliphatic carbocycles. The second kappa shape index (κ2) is 8.36. The molecule has 0 aromatic carbocycles. The lowest BCUT2D eigenvalue weighted by Crippen LogP contribution is -2.64. The van der Waals surface area contributed by atoms with E-state index in [0.717, 1.165) is 39.0 Å². The molecular weight excluding hydrogens is 424 g/mol. The molecule has 1 aliphatic heterocycles. The molecule has 1 aromatic rings. The Morgan fingerprint density at radius 2 is 1.79 bits per heavy atom. The van der Waals surface area contributed by atoms with Crippen molar-refractivity contribution < 1.29 is 21.6 Å². The lowest BCUT2D eigenvalue weighted by atomic mass is 9.92. The maximum atomic E-state index is 13.1. The van der Waals surface area contributed by atoms with Crippen molar-refractivity contribution in [3.8, 4) is 0 Å². The van der Waals surface area contributed by atoms with Crippen molar-refractivity contribution in [2.24, 2.45) is 5.73 Å². The van der Waals surface area contributed by atoms with Crippen LogP contribution in [0.4, 0.5) is 0 Å². The molecule has 1 atom stereocenters. The fourth-order valence-corrected chi connectivity index (χ4v) is 7.50. The topological polar surface area (TPSA) is 130 Å². The Morgan fingerprint density at radius 1 is 1.14 bits per heavy atom. The molecule has 2 fully saturated rings. The molecule has 1 saturated heterocycles. The average molecular weight is 451 g/mol. The van der Waals surface area contributed by atoms with Crippen LogP contribution in [0.3, 0.4) is 0 Å². The Labute approximate surface area is 170 Å². The maximum Gasteiger partial charge on any atom is 0.254 e. The van der Waals surface area contributed by atoms with Crippen LogP contribution in [-0.2, 0) is 24.8 Å². The van der Waals surface area contributed by atoms with Crippen molar-refractivity contribution in [1.82, 2.24) is 13.9 Å². The number of rotatable bonds is 5. The Balaban J connectivity index is 1.90. The minimum absolute atomic E-state index is 0.0832. The quantitative estimate of drug-likeness (QED) is 0.655. The summed E-state index contributed by atoms with van der Waals surface area (Å²) in [6.07, 6.45) is 2.80. The zero-order valence-corrected chi connectivity index (χ0v) is 18.1. The van der Waals surface area contributed by atoms with Gasteiger partial charge in [-0.3, -0.25) is 4.79 Å². The first-order valence-corrected chi connectivity index (χ1v) is 13.4. The van der Waals surface area contributed by atoms with Gasteiger partial charge in [-0.15, -0.1) is 11.3 Å². The Morgan fingerprint density at radius 3 is 2.36 bits per heavy atom. The molecule has 2 aliphatic rings. The summed E-state index contributed by atoms with van der Waals surface area (Å²) in [5.74, 6) is -0.606. The SMILES string of the molecule is CS(=O)(=O)N1CCCN(S(=O)(=O)c2cccs2)C1C(=O)NC1CCC(N)CC1. The van der Waals surface area contributed by atoms with E-state index in [1.54, 1.807) is 11.4 Å². The zero-order chi connectivity index (χ0) is 20.5. The van der Waals surface area contributed by atoms with Crippen molar-refractivity contribution >= 4 is 37.3 Å². The van der Waals surface area contributed by atoms with E-state index in [2.05, 4.69) is 5.32 Å². The molecule has 1 unspecified atom stereocenters. The van der Waals surface area contributed by atoms with Gasteiger partial charge in [0.1, 0.15) is 4.21 Å². The molecular formula is C16H26N4O5S3. The van der Waals surface area contributed by atoms with Gasteiger partial charge in [-0.05, 0) is 43.6 Å². The molecule has 0 bridgehead atoms. The predicted octanol–water partition coefficient (Wildman–Crippen LogP) is 0.116. The summed E-state index contributed by atoms with van der Waals surface area (Å²) in [6, 6.07) is 3.03. The fourth-order valence-electron chi connectivity index (χ4n) is 3.70. The minimum atomic E-state index is -3.99. The van der Waals surface area contributed by atoms with Gasteiger partial charge < -0.3 is 11.1 Å². The third-order valence-corrected chi connectivity index (χ3v) is 9.60. The van der Waals surface area contributed by atoms with Crippen molar-refractivity contribution in [2.75, 3.05) is 19.3 Å². The number of nitrogens with two attached hydrogens (primary N) is 1. The highest BCUT2D eigenvalue weighted by Gasteiger charge is 2.46. The minimum Gasteiger partial charge on any atom is -0.351 e. The third-order valence-electron chi connectivity index (χ3n) is 5.14. The molecule has 0 radical (unpaired) electrons. The van der Waals surface area contributed by atoms with Gasteiger partial charge in [0.05, 0.1) is 6.26 Å². The number of sulfonamides is 2. The van der Waals surface area contributed by atoms with Crippen LogP contribution in [0.1, 0.15) is 32.1 Å². The van der Waals surface area contributed by atoms with E-state index in [9.17, 15) is 21.6 Å². The van der Waals surface area contributed by atoms with E-state index >= 15 is 0 Å². The summed E-state index contributed by atoms with van der Waals surface area (Å²) in [4.78, 5) is 13.1. The first-order valence-electron chi connectivity index (χ1n) is 9.19. The highest BCUT2D eigenvalue weighted by molar-refractivity contribution is 7.91. The molecule has 9 nitrogen and oxygen atoms in total. The fraction of sp³-hybridized carbons (Fsp3) is 0.688. The molecule has 1 aromatic heterocycles. The number of thiophene rings is 1. The van der Waals surface area contributed by atoms with Crippen molar-refractivity contribution in [3.05, 3.63) is 17.5 Å². The van der Waals surface area contributed by atoms with E-state index in [0.29, 0.717) is 19.3 Å². The van der Waals surface area contributed by atoms with E-state index in [1.165, 1.54) is 6.07 Å². The normalized spacial score (nSPS) is 28.1. The molecule has 2 heterocycles. The van der Waals surface area contributed by atoms with E-state index in [-0.39, 0.29) is 29.4 Å². The van der Waals surface area contributed by atoms with Gasteiger partial charge in [-0.2, -0.15) is 8.61 Å². The van der Waals surface area contributed by atoms with Crippen LogP contribution in [0.25, 0.3) is 0 Å². The molecule has 3 N–H and O–H groups in total. The summed E-state index contributed by atoms with van der Waals surface area (Å²) in [5, 5.41) is 4.49. The number of amides is 1. The second-order valence-electron chi connectivity index (χ2n) is 7.27. The van der Waals surface area contributed by atoms with Gasteiger partial charge in [0.15, 0.2) is 6.17 Å². The maximum absolute atomic E-state index is 13.1. The summed E-state index contributed by atoms with van der Waals surface area (Å²) in [5.41, 5.74) is 5.90. The average Bonchev–Trinajstić information content (AvgIpc) is 3.18. The summed E-state index contributed by atoms with van der Waals surface area (Å²) in [7, 11) is -7.77. The number of nitrogens with one attached hydrogen (secondary N) is 1. The van der Waals surface area contributed by atoms with Crippen LogP contribution in [0.5, 0.6) is 0 Å². The Hall–Kier alpha value is -1.05. The number of carbonyl (C=O) groups is 1. The Kier molecular flexibility index (Phi) is 6.47. The van der Waals surface area contributed by atoms with Crippen LogP contribution in [0.2, 0.25) is 0 Å². The van der Waals surface area contributed by atoms with Crippen LogP contribution in [0, 0.1) is 0 Å². The lowest BCUT2D eigenvalue weighted by molar-refractivity contribution is -0.130. The van der Waals surface area contributed by atoms with Gasteiger partial charge in [0.25, 0.3) is 15.9 Å². The van der Waals surface area contributed by atoms with Crippen LogP contribution >= 0.6 is 11.3 Å². The molecule has 0 spiro atoms. The highest BCUT2D eigenvalue weighted by Crippen LogP contribution is 2.28. The van der Waals surface area contributed by atoms with Gasteiger partial charge in [-0.25, -0.2) is 16.8 Å². The zero-order valence-electron chi connectivity index (χ0n) is 15.7. The molecule has 3 rings (SSSR count). The largest absolute Gasteiger partial charge is 0.351 e. The summed E-state index contributed by atoms with van der Waals surface area (Å²) < 4.78 is 52.9. The highest BCUT2D eigenvalue weighted by atomic mass is 32.2. The molecule has 28 heavy (non-hydrogen) atoms. The van der Waals surface area contributed by atoms with Crippen molar-refractivity contribution in [2.45, 2.75) is 54.6 Å². The molecule has 1 saturated carbocycles. The molecule has 158 valence electrons. The second-order valence-corrected chi connectivity index (χ2v) is 12.3. The Bertz CT molecular complexity index is 893. The van der Waals surface area contributed by atoms with Crippen molar-refractivity contribution in [3.63, 3.8) is 0 Å². The summed E-state index contributed by atoms with van der Waals surface area (Å²) >= 11 is 1.04. The number of hydrogen-bond donors (Lipinski definition) is 2. The van der Waals surface area contributed by atoms with E-state index in [4.69, 9.17) is 5.73 Å². The number of nitrogens with zero attached hydrogens (tertiary/aromatic N) is 2. The lowest BCUT2D eigenvalue weighted by Gasteiger charge is -2.41. The predicted molar refractivity (Wildman–Crippen MR) is 107 cm³/mol. The van der Waals surface area contributed by atoms with Crippen LogP contribution in [0.15, 0.2) is 21.7 Å². The summed E-state index contributed by atoms with van der Waals surface area (Å²) in [6.45, 7) is 0.183. The third kappa shape index (κ3) is 4.57. The number of hydrogen-bond acceptors (Lipinski definition) is 7. The van der Waals surface area contributed by atoms with Crippen molar-refractivity contribution in [1.29, 1.82) is 0 Å².